The Morgan fingerprint density at radius 2 is 2.33 bits per heavy atom. The molecule has 0 aromatic heterocycles. The molecule has 0 radical (unpaired) electrons. The summed E-state index contributed by atoms with van der Waals surface area (Å²) in [6.45, 7) is 3.67. The van der Waals surface area contributed by atoms with E-state index in [2.05, 4.69) is 4.99 Å². The highest BCUT2D eigenvalue weighted by molar-refractivity contribution is 8.18. The van der Waals surface area contributed by atoms with Crippen molar-refractivity contribution in [1.29, 1.82) is 0 Å². The van der Waals surface area contributed by atoms with Crippen LogP contribution in [0.15, 0.2) is 16.0 Å². The minimum absolute atomic E-state index is 0.0972. The highest BCUT2D eigenvalue weighted by atomic mass is 32.2. The second kappa shape index (κ2) is 2.35. The zero-order valence-electron chi connectivity index (χ0n) is 5.34. The maximum atomic E-state index is 10.7. The summed E-state index contributed by atoms with van der Waals surface area (Å²) in [5.41, 5.74) is 0. The first-order valence-electron chi connectivity index (χ1n) is 2.68. The molecule has 0 unspecified atom stereocenters. The van der Waals surface area contributed by atoms with Crippen molar-refractivity contribution in [3.8, 4) is 0 Å². The van der Waals surface area contributed by atoms with E-state index in [-0.39, 0.29) is 5.91 Å². The molecule has 1 aliphatic rings. The van der Waals surface area contributed by atoms with E-state index < -0.39 is 0 Å². The van der Waals surface area contributed by atoms with Gasteiger partial charge in [0.1, 0.15) is 0 Å². The van der Waals surface area contributed by atoms with Gasteiger partial charge >= 0.3 is 0 Å². The second-order valence-corrected chi connectivity index (χ2v) is 2.93. The van der Waals surface area contributed by atoms with Gasteiger partial charge in [-0.3, -0.25) is 4.79 Å². The molecule has 48 valence electrons. The minimum atomic E-state index is -0.0972. The summed E-state index contributed by atoms with van der Waals surface area (Å²) in [7, 11) is 0. The standard InChI is InChI=1S/C6H7NOS/c1-3-5-6(8)7-4(2)9-5/h3H,1-2H3/b5-3+. The molecule has 0 aromatic rings. The molecule has 3 heteroatoms. The van der Waals surface area contributed by atoms with E-state index in [9.17, 15) is 4.79 Å². The van der Waals surface area contributed by atoms with Gasteiger partial charge in [0.25, 0.3) is 5.91 Å². The lowest BCUT2D eigenvalue weighted by atomic mass is 10.5. The van der Waals surface area contributed by atoms with Crippen LogP contribution in [0.2, 0.25) is 0 Å². The van der Waals surface area contributed by atoms with E-state index in [1.54, 1.807) is 6.08 Å². The van der Waals surface area contributed by atoms with Crippen LogP contribution in [0, 0.1) is 0 Å². The number of carbonyl (C=O) groups excluding carboxylic acids is 1. The number of amides is 1. The molecular weight excluding hydrogens is 134 g/mol. The first-order valence-corrected chi connectivity index (χ1v) is 3.49. The summed E-state index contributed by atoms with van der Waals surface area (Å²) in [5.74, 6) is -0.0972. The Bertz CT molecular complexity index is 205. The van der Waals surface area contributed by atoms with Gasteiger partial charge in [-0.1, -0.05) is 17.8 Å². The Hall–Kier alpha value is -0.570. The highest BCUT2D eigenvalue weighted by Gasteiger charge is 2.16. The van der Waals surface area contributed by atoms with Gasteiger partial charge in [0.15, 0.2) is 0 Å². The molecule has 0 saturated heterocycles. The molecule has 0 spiro atoms. The average molecular weight is 141 g/mol. The SMILES string of the molecule is C/C=C1/SC(C)=NC1=O. The molecule has 0 saturated carbocycles. The number of aliphatic imine (C=N–C) groups is 1. The third kappa shape index (κ3) is 1.21. The molecule has 9 heavy (non-hydrogen) atoms. The van der Waals surface area contributed by atoms with Crippen molar-refractivity contribution >= 4 is 22.7 Å². The lowest BCUT2D eigenvalue weighted by molar-refractivity contribution is -0.113. The fourth-order valence-corrected chi connectivity index (χ4v) is 1.30. The van der Waals surface area contributed by atoms with E-state index in [0.29, 0.717) is 0 Å². The van der Waals surface area contributed by atoms with Crippen molar-refractivity contribution in [3.05, 3.63) is 11.0 Å². The first-order chi connectivity index (χ1) is 4.24. The lowest BCUT2D eigenvalue weighted by Gasteiger charge is -1.84. The Balaban J connectivity index is 2.84. The number of hydrogen-bond donors (Lipinski definition) is 0. The van der Waals surface area contributed by atoms with Crippen LogP contribution >= 0.6 is 11.8 Å². The van der Waals surface area contributed by atoms with Gasteiger partial charge in [-0.15, -0.1) is 0 Å². The molecule has 1 heterocycles. The van der Waals surface area contributed by atoms with E-state index in [1.807, 2.05) is 13.8 Å². The maximum Gasteiger partial charge on any atom is 0.284 e. The number of hydrogen-bond acceptors (Lipinski definition) is 2. The fourth-order valence-electron chi connectivity index (χ4n) is 0.606. The third-order valence-electron chi connectivity index (χ3n) is 0.990. The van der Waals surface area contributed by atoms with Crippen LogP contribution in [-0.2, 0) is 4.79 Å². The number of allylic oxidation sites excluding steroid dienone is 1. The zero-order valence-corrected chi connectivity index (χ0v) is 6.16. The molecule has 0 atom stereocenters. The Morgan fingerprint density at radius 1 is 1.67 bits per heavy atom. The molecule has 2 nitrogen and oxygen atoms in total. The first kappa shape index (κ1) is 6.55. The summed E-state index contributed by atoms with van der Waals surface area (Å²) in [6.07, 6.45) is 1.78. The van der Waals surface area contributed by atoms with Crippen molar-refractivity contribution in [3.63, 3.8) is 0 Å². The molecule has 0 fully saturated rings. The van der Waals surface area contributed by atoms with Crippen molar-refractivity contribution in [1.82, 2.24) is 0 Å². The summed E-state index contributed by atoms with van der Waals surface area (Å²) in [6, 6.07) is 0. The quantitative estimate of drug-likeness (QED) is 0.479. The van der Waals surface area contributed by atoms with Gasteiger partial charge in [0.05, 0.1) is 9.95 Å². The van der Waals surface area contributed by atoms with Gasteiger partial charge < -0.3 is 0 Å². The molecule has 1 amide bonds. The topological polar surface area (TPSA) is 29.4 Å². The van der Waals surface area contributed by atoms with Crippen molar-refractivity contribution in [2.75, 3.05) is 0 Å². The molecule has 0 N–H and O–H groups in total. The molecular formula is C6H7NOS. The number of nitrogens with zero attached hydrogens (tertiary/aromatic N) is 1. The predicted octanol–water partition coefficient (Wildman–Crippen LogP) is 1.58. The zero-order chi connectivity index (χ0) is 6.85. The summed E-state index contributed by atoms with van der Waals surface area (Å²) >= 11 is 1.44. The average Bonchev–Trinajstić information content (AvgIpc) is 2.10. The lowest BCUT2D eigenvalue weighted by Crippen LogP contribution is -1.85. The van der Waals surface area contributed by atoms with Crippen molar-refractivity contribution < 1.29 is 4.79 Å². The molecule has 0 aromatic carbocycles. The van der Waals surface area contributed by atoms with Crippen LogP contribution in [0.1, 0.15) is 13.8 Å². The van der Waals surface area contributed by atoms with E-state index in [1.165, 1.54) is 11.8 Å². The highest BCUT2D eigenvalue weighted by Crippen LogP contribution is 2.25. The summed E-state index contributed by atoms with van der Waals surface area (Å²) in [4.78, 5) is 15.2. The van der Waals surface area contributed by atoms with Crippen LogP contribution in [0.25, 0.3) is 0 Å². The normalized spacial score (nSPS) is 23.1. The van der Waals surface area contributed by atoms with E-state index >= 15 is 0 Å². The Kier molecular flexibility index (Phi) is 1.71. The van der Waals surface area contributed by atoms with Crippen molar-refractivity contribution in [2.24, 2.45) is 4.99 Å². The van der Waals surface area contributed by atoms with E-state index in [4.69, 9.17) is 0 Å². The number of rotatable bonds is 0. The van der Waals surface area contributed by atoms with Gasteiger partial charge in [-0.05, 0) is 13.8 Å². The van der Waals surface area contributed by atoms with Gasteiger partial charge in [0, 0.05) is 0 Å². The molecule has 0 bridgehead atoms. The third-order valence-corrected chi connectivity index (χ3v) is 2.01. The van der Waals surface area contributed by atoms with E-state index in [0.717, 1.165) is 9.95 Å². The van der Waals surface area contributed by atoms with Gasteiger partial charge in [0.2, 0.25) is 0 Å². The number of carbonyl (C=O) groups is 1. The second-order valence-electron chi connectivity index (χ2n) is 1.69. The maximum absolute atomic E-state index is 10.7. The van der Waals surface area contributed by atoms with Crippen LogP contribution in [0.5, 0.6) is 0 Å². The van der Waals surface area contributed by atoms with Crippen LogP contribution in [0.4, 0.5) is 0 Å². The minimum Gasteiger partial charge on any atom is -0.266 e. The molecule has 1 aliphatic heterocycles. The molecule has 0 aliphatic carbocycles. The summed E-state index contributed by atoms with van der Waals surface area (Å²) < 4.78 is 0. The van der Waals surface area contributed by atoms with Crippen LogP contribution in [-0.4, -0.2) is 11.0 Å². The van der Waals surface area contributed by atoms with Gasteiger partial charge in [-0.25, -0.2) is 4.99 Å². The predicted molar refractivity (Wildman–Crippen MR) is 39.5 cm³/mol. The fraction of sp³-hybridized carbons (Fsp3) is 0.333. The monoisotopic (exact) mass is 141 g/mol. The van der Waals surface area contributed by atoms with Gasteiger partial charge in [-0.2, -0.15) is 0 Å². The van der Waals surface area contributed by atoms with Crippen molar-refractivity contribution in [2.45, 2.75) is 13.8 Å². The van der Waals surface area contributed by atoms with Crippen LogP contribution in [0.3, 0.4) is 0 Å². The largest absolute Gasteiger partial charge is 0.284 e. The summed E-state index contributed by atoms with van der Waals surface area (Å²) in [5, 5.41) is 0.841. The Labute approximate surface area is 58.0 Å². The Morgan fingerprint density at radius 3 is 2.56 bits per heavy atom. The smallest absolute Gasteiger partial charge is 0.266 e. The van der Waals surface area contributed by atoms with Crippen LogP contribution < -0.4 is 0 Å². The number of thioether (sulfide) groups is 1. The molecule has 1 rings (SSSR count).